The van der Waals surface area contributed by atoms with Gasteiger partial charge in [0.2, 0.25) is 17.7 Å². The number of carbonyl (C=O) groups excluding carboxylic acids is 4. The predicted molar refractivity (Wildman–Crippen MR) is 130 cm³/mol. The van der Waals surface area contributed by atoms with Gasteiger partial charge in [0.25, 0.3) is 0 Å². The number of benzene rings is 1. The zero-order chi connectivity index (χ0) is 26.7. The molecule has 0 saturated heterocycles. The Hall–Kier alpha value is -3.30. The van der Waals surface area contributed by atoms with E-state index in [9.17, 15) is 24.3 Å². The molecule has 1 aliphatic carbocycles. The summed E-state index contributed by atoms with van der Waals surface area (Å²) in [5.74, 6) is -1.76. The molecule has 1 saturated carbocycles. The van der Waals surface area contributed by atoms with E-state index >= 15 is 0 Å². The van der Waals surface area contributed by atoms with Crippen molar-refractivity contribution in [2.24, 2.45) is 5.73 Å². The molecule has 2 rings (SSSR count). The SMILES string of the molecule is Cc1cc(C(C(=O)NC(C)(C)C)N(C(=O)C(CC(N)=O)NC(=O)OC(C)(C)C)C2CC2)ccc1O. The van der Waals surface area contributed by atoms with Gasteiger partial charge in [0, 0.05) is 11.6 Å². The number of aromatic hydroxyl groups is 1. The molecular formula is C25H38N4O6. The summed E-state index contributed by atoms with van der Waals surface area (Å²) >= 11 is 0. The quantitative estimate of drug-likeness (QED) is 0.439. The van der Waals surface area contributed by atoms with E-state index in [4.69, 9.17) is 10.5 Å². The molecule has 0 aromatic heterocycles. The Balaban J connectivity index is 2.50. The van der Waals surface area contributed by atoms with E-state index in [0.717, 1.165) is 0 Å². The van der Waals surface area contributed by atoms with Gasteiger partial charge in [-0.2, -0.15) is 0 Å². The van der Waals surface area contributed by atoms with Gasteiger partial charge in [-0.25, -0.2) is 4.79 Å². The number of alkyl carbamates (subject to hydrolysis) is 1. The van der Waals surface area contributed by atoms with Crippen LogP contribution < -0.4 is 16.4 Å². The Kier molecular flexibility index (Phi) is 8.41. The number of nitrogens with two attached hydrogens (primary N) is 1. The molecule has 0 radical (unpaired) electrons. The Morgan fingerprint density at radius 2 is 1.74 bits per heavy atom. The van der Waals surface area contributed by atoms with Crippen molar-refractivity contribution in [3.63, 3.8) is 0 Å². The van der Waals surface area contributed by atoms with E-state index in [1.165, 1.54) is 11.0 Å². The third-order valence-corrected chi connectivity index (χ3v) is 5.15. The van der Waals surface area contributed by atoms with Crippen LogP contribution in [0.1, 0.15) is 78.0 Å². The van der Waals surface area contributed by atoms with Crippen molar-refractivity contribution in [2.75, 3.05) is 0 Å². The first kappa shape index (κ1) is 27.9. The fourth-order valence-corrected chi connectivity index (χ4v) is 3.63. The van der Waals surface area contributed by atoms with Crippen molar-refractivity contribution in [2.45, 2.75) is 97.0 Å². The molecule has 1 fully saturated rings. The van der Waals surface area contributed by atoms with E-state index < -0.39 is 53.5 Å². The van der Waals surface area contributed by atoms with E-state index in [0.29, 0.717) is 24.0 Å². The Morgan fingerprint density at radius 1 is 1.14 bits per heavy atom. The minimum atomic E-state index is -1.31. The molecule has 2 atom stereocenters. The number of nitrogens with zero attached hydrogens (tertiary/aromatic N) is 1. The number of nitrogens with one attached hydrogen (secondary N) is 2. The maximum Gasteiger partial charge on any atom is 0.408 e. The number of hydrogen-bond donors (Lipinski definition) is 4. The summed E-state index contributed by atoms with van der Waals surface area (Å²) < 4.78 is 5.26. The van der Waals surface area contributed by atoms with Crippen LogP contribution in [0.25, 0.3) is 0 Å². The van der Waals surface area contributed by atoms with Crippen LogP contribution in [0.5, 0.6) is 5.75 Å². The van der Waals surface area contributed by atoms with Crippen LogP contribution in [-0.4, -0.2) is 57.0 Å². The van der Waals surface area contributed by atoms with Gasteiger partial charge in [0.15, 0.2) is 0 Å². The maximum atomic E-state index is 13.8. The monoisotopic (exact) mass is 490 g/mol. The molecule has 35 heavy (non-hydrogen) atoms. The van der Waals surface area contributed by atoms with Gasteiger partial charge in [0.1, 0.15) is 23.4 Å². The van der Waals surface area contributed by atoms with Crippen LogP contribution in [-0.2, 0) is 19.1 Å². The van der Waals surface area contributed by atoms with Crippen molar-refractivity contribution in [1.82, 2.24) is 15.5 Å². The fourth-order valence-electron chi connectivity index (χ4n) is 3.63. The zero-order valence-corrected chi connectivity index (χ0v) is 21.6. The lowest BCUT2D eigenvalue weighted by Crippen LogP contribution is -2.56. The summed E-state index contributed by atoms with van der Waals surface area (Å²) in [6.45, 7) is 12.2. The standard InChI is InChI=1S/C25H38N4O6/c1-14-12-15(8-11-18(14)30)20(21(32)28-24(2,3)4)29(16-9-10-16)22(33)17(13-19(26)31)27-23(34)35-25(5,6)7/h8,11-12,16-17,20,30H,9-10,13H2,1-7H3,(H2,26,31)(H,27,34)(H,28,32). The molecule has 194 valence electrons. The molecular weight excluding hydrogens is 452 g/mol. The van der Waals surface area contributed by atoms with Crippen molar-refractivity contribution in [1.29, 1.82) is 0 Å². The smallest absolute Gasteiger partial charge is 0.408 e. The first-order valence-corrected chi connectivity index (χ1v) is 11.7. The maximum absolute atomic E-state index is 13.8. The molecule has 0 heterocycles. The lowest BCUT2D eigenvalue weighted by atomic mass is 9.98. The van der Waals surface area contributed by atoms with Crippen LogP contribution in [0, 0.1) is 6.92 Å². The van der Waals surface area contributed by atoms with Crippen LogP contribution in [0.15, 0.2) is 18.2 Å². The van der Waals surface area contributed by atoms with Gasteiger partial charge >= 0.3 is 6.09 Å². The van der Waals surface area contributed by atoms with Gasteiger partial charge < -0.3 is 31.1 Å². The summed E-state index contributed by atoms with van der Waals surface area (Å²) in [6, 6.07) is 2.08. The molecule has 1 aliphatic rings. The normalized spacial score (nSPS) is 15.5. The molecule has 2 unspecified atom stereocenters. The van der Waals surface area contributed by atoms with Gasteiger partial charge in [-0.15, -0.1) is 0 Å². The number of amides is 4. The van der Waals surface area contributed by atoms with E-state index in [-0.39, 0.29) is 11.8 Å². The molecule has 0 bridgehead atoms. The second-order valence-electron chi connectivity index (χ2n) is 11.0. The summed E-state index contributed by atoms with van der Waals surface area (Å²) in [7, 11) is 0. The predicted octanol–water partition coefficient (Wildman–Crippen LogP) is 2.42. The van der Waals surface area contributed by atoms with Crippen molar-refractivity contribution in [3.05, 3.63) is 29.3 Å². The highest BCUT2D eigenvalue weighted by Gasteiger charge is 2.45. The number of aryl methyl sites for hydroxylation is 1. The summed E-state index contributed by atoms with van der Waals surface area (Å²) in [4.78, 5) is 53.0. The van der Waals surface area contributed by atoms with Crippen molar-refractivity contribution in [3.8, 4) is 5.75 Å². The average Bonchev–Trinajstić information content (AvgIpc) is 3.49. The number of primary amides is 1. The minimum absolute atomic E-state index is 0.0613. The fraction of sp³-hybridized carbons (Fsp3) is 0.600. The van der Waals surface area contributed by atoms with Crippen LogP contribution >= 0.6 is 0 Å². The summed E-state index contributed by atoms with van der Waals surface area (Å²) in [6.07, 6.45) is 0.00290. The number of phenols is 1. The van der Waals surface area contributed by atoms with Crippen LogP contribution in [0.4, 0.5) is 4.79 Å². The second kappa shape index (κ2) is 10.5. The van der Waals surface area contributed by atoms with E-state index in [2.05, 4.69) is 10.6 Å². The Morgan fingerprint density at radius 3 is 2.20 bits per heavy atom. The summed E-state index contributed by atoms with van der Waals surface area (Å²) in [5, 5.41) is 15.4. The molecule has 1 aromatic carbocycles. The Bertz CT molecular complexity index is 975. The number of rotatable bonds is 8. The number of hydrogen-bond acceptors (Lipinski definition) is 6. The van der Waals surface area contributed by atoms with Gasteiger partial charge in [-0.05, 0) is 84.6 Å². The minimum Gasteiger partial charge on any atom is -0.508 e. The van der Waals surface area contributed by atoms with Crippen LogP contribution in [0.2, 0.25) is 0 Å². The third kappa shape index (κ3) is 8.45. The highest BCUT2D eigenvalue weighted by molar-refractivity contribution is 5.95. The van der Waals surface area contributed by atoms with Crippen molar-refractivity contribution < 1.29 is 29.0 Å². The topological polar surface area (TPSA) is 151 Å². The molecule has 10 nitrogen and oxygen atoms in total. The lowest BCUT2D eigenvalue weighted by Gasteiger charge is -2.36. The lowest BCUT2D eigenvalue weighted by molar-refractivity contribution is -0.144. The third-order valence-electron chi connectivity index (χ3n) is 5.15. The van der Waals surface area contributed by atoms with Gasteiger partial charge in [-0.1, -0.05) is 6.07 Å². The Labute approximate surface area is 206 Å². The van der Waals surface area contributed by atoms with Crippen molar-refractivity contribution >= 4 is 23.8 Å². The van der Waals surface area contributed by atoms with E-state index in [1.807, 2.05) is 20.8 Å². The molecule has 4 amide bonds. The number of phenolic OH excluding ortho intramolecular Hbond substituents is 1. The van der Waals surface area contributed by atoms with E-state index in [1.54, 1.807) is 39.8 Å². The van der Waals surface area contributed by atoms with Crippen LogP contribution in [0.3, 0.4) is 0 Å². The first-order valence-electron chi connectivity index (χ1n) is 11.7. The average molecular weight is 491 g/mol. The number of ether oxygens (including phenoxy) is 1. The second-order valence-corrected chi connectivity index (χ2v) is 11.0. The molecule has 0 spiro atoms. The summed E-state index contributed by atoms with van der Waals surface area (Å²) in [5.41, 5.74) is 5.02. The zero-order valence-electron chi connectivity index (χ0n) is 21.6. The number of carbonyl (C=O) groups is 4. The molecule has 0 aliphatic heterocycles. The van der Waals surface area contributed by atoms with Gasteiger partial charge in [0.05, 0.1) is 6.42 Å². The highest BCUT2D eigenvalue weighted by atomic mass is 16.6. The largest absolute Gasteiger partial charge is 0.508 e. The molecule has 1 aromatic rings. The first-order chi connectivity index (χ1) is 16.0. The highest BCUT2D eigenvalue weighted by Crippen LogP contribution is 2.37. The molecule has 10 heteroatoms. The molecule has 5 N–H and O–H groups in total. The van der Waals surface area contributed by atoms with Gasteiger partial charge in [-0.3, -0.25) is 14.4 Å².